The standard InChI is InChI=1S/C20H20ClN3O4S/c1-2-27-16-8-3-14(4-9-16)5-12-18(25)22-20(29)24-23-19(26)13-28-17-10-6-15(21)7-11-17/h3-12H,2,13H2,1H3,(H,23,26)(H2,22,24,25,29)/b12-5+. The number of ether oxygens (including phenoxy) is 2. The quantitative estimate of drug-likeness (QED) is 0.353. The highest BCUT2D eigenvalue weighted by molar-refractivity contribution is 7.80. The monoisotopic (exact) mass is 433 g/mol. The van der Waals surface area contributed by atoms with Crippen LogP contribution in [-0.4, -0.2) is 30.1 Å². The van der Waals surface area contributed by atoms with Gasteiger partial charge >= 0.3 is 0 Å². The van der Waals surface area contributed by atoms with Crippen molar-refractivity contribution in [1.29, 1.82) is 0 Å². The van der Waals surface area contributed by atoms with Crippen molar-refractivity contribution in [3.8, 4) is 11.5 Å². The van der Waals surface area contributed by atoms with Gasteiger partial charge in [0.1, 0.15) is 11.5 Å². The number of hydrogen-bond acceptors (Lipinski definition) is 5. The van der Waals surface area contributed by atoms with Crippen LogP contribution in [0, 0.1) is 0 Å². The van der Waals surface area contributed by atoms with Crippen molar-refractivity contribution in [2.24, 2.45) is 0 Å². The van der Waals surface area contributed by atoms with E-state index in [0.717, 1.165) is 11.3 Å². The lowest BCUT2D eigenvalue weighted by Gasteiger charge is -2.10. The zero-order valence-corrected chi connectivity index (χ0v) is 17.2. The van der Waals surface area contributed by atoms with Crippen molar-refractivity contribution in [2.45, 2.75) is 6.92 Å². The fraction of sp³-hybridized carbons (Fsp3) is 0.150. The van der Waals surface area contributed by atoms with Crippen molar-refractivity contribution in [1.82, 2.24) is 16.2 Å². The average Bonchev–Trinajstić information content (AvgIpc) is 2.71. The van der Waals surface area contributed by atoms with Gasteiger partial charge in [0, 0.05) is 11.1 Å². The molecule has 9 heteroatoms. The summed E-state index contributed by atoms with van der Waals surface area (Å²) in [6.07, 6.45) is 2.96. The Morgan fingerprint density at radius 2 is 1.62 bits per heavy atom. The molecule has 0 heterocycles. The van der Waals surface area contributed by atoms with Gasteiger partial charge in [0.15, 0.2) is 11.7 Å². The second-order valence-corrected chi connectivity index (χ2v) is 6.41. The van der Waals surface area contributed by atoms with E-state index in [9.17, 15) is 9.59 Å². The first-order valence-corrected chi connectivity index (χ1v) is 9.44. The third-order valence-corrected chi connectivity index (χ3v) is 3.81. The molecule has 0 aliphatic heterocycles. The van der Waals surface area contributed by atoms with Crippen molar-refractivity contribution in [3.05, 3.63) is 65.2 Å². The summed E-state index contributed by atoms with van der Waals surface area (Å²) in [6.45, 7) is 2.26. The Labute approximate surface area is 179 Å². The zero-order chi connectivity index (χ0) is 21.1. The van der Waals surface area contributed by atoms with E-state index >= 15 is 0 Å². The molecule has 0 aliphatic carbocycles. The maximum atomic E-state index is 11.9. The summed E-state index contributed by atoms with van der Waals surface area (Å²) in [4.78, 5) is 23.6. The number of benzene rings is 2. The number of hydrogen-bond donors (Lipinski definition) is 3. The molecule has 0 radical (unpaired) electrons. The molecule has 2 aromatic rings. The Balaban J connectivity index is 1.68. The van der Waals surface area contributed by atoms with Crippen molar-refractivity contribution in [2.75, 3.05) is 13.2 Å². The number of amides is 2. The van der Waals surface area contributed by atoms with Gasteiger partial charge in [-0.25, -0.2) is 0 Å². The molecule has 0 spiro atoms. The summed E-state index contributed by atoms with van der Waals surface area (Å²) in [5, 5.41) is 2.94. The molecule has 152 valence electrons. The van der Waals surface area contributed by atoms with Gasteiger partial charge in [-0.1, -0.05) is 23.7 Å². The molecule has 0 saturated carbocycles. The predicted molar refractivity (Wildman–Crippen MR) is 116 cm³/mol. The lowest BCUT2D eigenvalue weighted by Crippen LogP contribution is -2.49. The van der Waals surface area contributed by atoms with Crippen LogP contribution in [0.5, 0.6) is 11.5 Å². The molecule has 7 nitrogen and oxygen atoms in total. The number of carbonyl (C=O) groups is 2. The maximum absolute atomic E-state index is 11.9. The Morgan fingerprint density at radius 3 is 2.28 bits per heavy atom. The highest BCUT2D eigenvalue weighted by atomic mass is 35.5. The number of hydrazine groups is 1. The smallest absolute Gasteiger partial charge is 0.276 e. The maximum Gasteiger partial charge on any atom is 0.276 e. The van der Waals surface area contributed by atoms with Crippen LogP contribution in [0.15, 0.2) is 54.6 Å². The molecule has 0 unspecified atom stereocenters. The first-order chi connectivity index (χ1) is 14.0. The van der Waals surface area contributed by atoms with E-state index in [2.05, 4.69) is 16.2 Å². The van der Waals surface area contributed by atoms with Gasteiger partial charge in [0.05, 0.1) is 6.61 Å². The van der Waals surface area contributed by atoms with Gasteiger partial charge in [-0.15, -0.1) is 0 Å². The molecular formula is C20H20ClN3O4S. The Bertz CT molecular complexity index is 870. The normalized spacial score (nSPS) is 10.3. The molecule has 29 heavy (non-hydrogen) atoms. The van der Waals surface area contributed by atoms with Crippen LogP contribution >= 0.6 is 23.8 Å². The van der Waals surface area contributed by atoms with Crippen LogP contribution in [0.3, 0.4) is 0 Å². The van der Waals surface area contributed by atoms with Gasteiger partial charge in [-0.2, -0.15) is 0 Å². The van der Waals surface area contributed by atoms with E-state index in [-0.39, 0.29) is 11.7 Å². The third-order valence-electron chi connectivity index (χ3n) is 3.35. The second-order valence-electron chi connectivity index (χ2n) is 5.57. The number of halogens is 1. The first kappa shape index (κ1) is 22.2. The zero-order valence-electron chi connectivity index (χ0n) is 15.6. The minimum absolute atomic E-state index is 0.0498. The van der Waals surface area contributed by atoms with E-state index in [0.29, 0.717) is 17.4 Å². The number of nitrogens with one attached hydrogen (secondary N) is 3. The highest BCUT2D eigenvalue weighted by Gasteiger charge is 2.05. The molecule has 0 bridgehead atoms. The first-order valence-electron chi connectivity index (χ1n) is 8.65. The fourth-order valence-corrected chi connectivity index (χ4v) is 2.32. The molecule has 0 aliphatic rings. The van der Waals surface area contributed by atoms with Crippen molar-refractivity contribution < 1.29 is 19.1 Å². The molecular weight excluding hydrogens is 414 g/mol. The Morgan fingerprint density at radius 1 is 1.00 bits per heavy atom. The second kappa shape index (κ2) is 11.7. The number of rotatable bonds is 7. The van der Waals surface area contributed by atoms with E-state index in [1.807, 2.05) is 31.2 Å². The summed E-state index contributed by atoms with van der Waals surface area (Å²) in [7, 11) is 0. The lowest BCUT2D eigenvalue weighted by molar-refractivity contribution is -0.123. The van der Waals surface area contributed by atoms with Crippen LogP contribution in [0.25, 0.3) is 6.08 Å². The summed E-state index contributed by atoms with van der Waals surface area (Å²) in [6, 6.07) is 13.9. The van der Waals surface area contributed by atoms with E-state index in [1.165, 1.54) is 6.08 Å². The van der Waals surface area contributed by atoms with Gasteiger partial charge in [0.25, 0.3) is 5.91 Å². The van der Waals surface area contributed by atoms with Gasteiger partial charge in [0.2, 0.25) is 5.91 Å². The van der Waals surface area contributed by atoms with Crippen molar-refractivity contribution >= 4 is 46.8 Å². The minimum atomic E-state index is -0.471. The van der Waals surface area contributed by atoms with Crippen LogP contribution in [-0.2, 0) is 9.59 Å². The highest BCUT2D eigenvalue weighted by Crippen LogP contribution is 2.15. The summed E-state index contributed by atoms with van der Waals surface area (Å²) >= 11 is 10.7. The van der Waals surface area contributed by atoms with Gasteiger partial charge in [-0.05, 0) is 67.2 Å². The van der Waals surface area contributed by atoms with Crippen LogP contribution < -0.4 is 25.6 Å². The molecule has 2 amide bonds. The fourth-order valence-electron chi connectivity index (χ4n) is 2.04. The molecule has 0 atom stereocenters. The topological polar surface area (TPSA) is 88.7 Å². The van der Waals surface area contributed by atoms with Gasteiger partial charge in [-0.3, -0.25) is 25.8 Å². The third kappa shape index (κ3) is 8.63. The summed E-state index contributed by atoms with van der Waals surface area (Å²) < 4.78 is 10.6. The lowest BCUT2D eigenvalue weighted by atomic mass is 10.2. The Kier molecular flexibility index (Phi) is 8.94. The average molecular weight is 434 g/mol. The minimum Gasteiger partial charge on any atom is -0.494 e. The largest absolute Gasteiger partial charge is 0.494 e. The van der Waals surface area contributed by atoms with E-state index in [1.54, 1.807) is 30.3 Å². The van der Waals surface area contributed by atoms with E-state index in [4.69, 9.17) is 33.3 Å². The van der Waals surface area contributed by atoms with Crippen LogP contribution in [0.1, 0.15) is 12.5 Å². The van der Waals surface area contributed by atoms with Crippen LogP contribution in [0.4, 0.5) is 0 Å². The predicted octanol–water partition coefficient (Wildman–Crippen LogP) is 2.85. The SMILES string of the molecule is CCOc1ccc(/C=C/C(=O)NC(=S)NNC(=O)COc2ccc(Cl)cc2)cc1. The van der Waals surface area contributed by atoms with Crippen molar-refractivity contribution in [3.63, 3.8) is 0 Å². The molecule has 0 saturated heterocycles. The Hall–Kier alpha value is -3.10. The van der Waals surface area contributed by atoms with Gasteiger partial charge < -0.3 is 9.47 Å². The molecule has 2 aromatic carbocycles. The number of carbonyl (C=O) groups excluding carboxylic acids is 2. The number of thiocarbonyl (C=S) groups is 1. The van der Waals surface area contributed by atoms with E-state index < -0.39 is 11.8 Å². The molecule has 0 aromatic heterocycles. The summed E-state index contributed by atoms with van der Waals surface area (Å²) in [5.74, 6) is 0.347. The summed E-state index contributed by atoms with van der Waals surface area (Å²) in [5.41, 5.74) is 5.58. The van der Waals surface area contributed by atoms with Crippen LogP contribution in [0.2, 0.25) is 5.02 Å². The molecule has 2 rings (SSSR count). The molecule has 3 N–H and O–H groups in total. The molecule has 0 fully saturated rings.